The van der Waals surface area contributed by atoms with Crippen molar-refractivity contribution in [1.29, 1.82) is 0 Å². The highest BCUT2D eigenvalue weighted by Gasteiger charge is 2.24. The van der Waals surface area contributed by atoms with Crippen LogP contribution in [0, 0.1) is 0 Å². The first-order valence-corrected chi connectivity index (χ1v) is 6.89. The molecule has 0 radical (unpaired) electrons. The Kier molecular flexibility index (Phi) is 4.23. The summed E-state index contributed by atoms with van der Waals surface area (Å²) in [6, 6.07) is 2.61. The summed E-state index contributed by atoms with van der Waals surface area (Å²) in [4.78, 5) is 11.0. The Morgan fingerprint density at radius 2 is 2.28 bits per heavy atom. The van der Waals surface area contributed by atoms with Crippen molar-refractivity contribution in [3.8, 4) is 0 Å². The van der Waals surface area contributed by atoms with Crippen molar-refractivity contribution in [3.05, 3.63) is 6.07 Å². The van der Waals surface area contributed by atoms with Crippen LogP contribution in [-0.4, -0.2) is 29.1 Å². The third-order valence-corrected chi connectivity index (χ3v) is 3.43. The summed E-state index contributed by atoms with van der Waals surface area (Å²) >= 11 is 0. The molecule has 18 heavy (non-hydrogen) atoms. The first-order chi connectivity index (χ1) is 8.74. The van der Waals surface area contributed by atoms with E-state index in [9.17, 15) is 0 Å². The molecule has 2 rings (SSSR count). The number of anilines is 3. The summed E-state index contributed by atoms with van der Waals surface area (Å²) in [7, 11) is 0. The number of nitrogens with one attached hydrogen (secondary N) is 1. The normalized spacial score (nSPS) is 19.2. The van der Waals surface area contributed by atoms with Gasteiger partial charge in [0.25, 0.3) is 0 Å². The molecule has 0 aromatic carbocycles. The molecule has 1 fully saturated rings. The smallest absolute Gasteiger partial charge is 0.223 e. The number of nitrogens with two attached hydrogens (primary N) is 1. The molecule has 5 nitrogen and oxygen atoms in total. The Bertz CT molecular complexity index is 393. The summed E-state index contributed by atoms with van der Waals surface area (Å²) in [5.41, 5.74) is 5.80. The van der Waals surface area contributed by atoms with Crippen molar-refractivity contribution in [3.63, 3.8) is 0 Å². The van der Waals surface area contributed by atoms with E-state index < -0.39 is 0 Å². The van der Waals surface area contributed by atoms with E-state index in [2.05, 4.69) is 34.0 Å². The van der Waals surface area contributed by atoms with Gasteiger partial charge < -0.3 is 16.0 Å². The summed E-state index contributed by atoms with van der Waals surface area (Å²) in [6.07, 6.45) is 4.71. The summed E-state index contributed by atoms with van der Waals surface area (Å²) in [6.45, 7) is 6.34. The topological polar surface area (TPSA) is 67.1 Å². The van der Waals surface area contributed by atoms with Crippen LogP contribution in [0.15, 0.2) is 6.07 Å². The molecule has 0 amide bonds. The predicted octanol–water partition coefficient (Wildman–Crippen LogP) is 2.26. The number of hydrogen-bond donors (Lipinski definition) is 2. The molecule has 0 spiro atoms. The Morgan fingerprint density at radius 1 is 1.44 bits per heavy atom. The zero-order valence-electron chi connectivity index (χ0n) is 11.3. The van der Waals surface area contributed by atoms with Gasteiger partial charge in [-0.05, 0) is 25.7 Å². The fourth-order valence-corrected chi connectivity index (χ4v) is 2.51. The minimum absolute atomic E-state index is 0.354. The minimum atomic E-state index is 0.354. The van der Waals surface area contributed by atoms with Crippen LogP contribution in [0.2, 0.25) is 0 Å². The number of nitrogen functional groups attached to an aromatic ring is 1. The molecule has 0 saturated carbocycles. The van der Waals surface area contributed by atoms with E-state index in [-0.39, 0.29) is 0 Å². The molecule has 1 saturated heterocycles. The van der Waals surface area contributed by atoms with E-state index in [0.29, 0.717) is 12.0 Å². The van der Waals surface area contributed by atoms with Crippen LogP contribution in [0.4, 0.5) is 17.6 Å². The molecular formula is C13H23N5. The Labute approximate surface area is 109 Å². The van der Waals surface area contributed by atoms with E-state index in [0.717, 1.165) is 37.6 Å². The quantitative estimate of drug-likeness (QED) is 0.838. The second-order valence-corrected chi connectivity index (χ2v) is 4.79. The van der Waals surface area contributed by atoms with Crippen LogP contribution in [0.1, 0.15) is 39.5 Å². The summed E-state index contributed by atoms with van der Waals surface area (Å²) < 4.78 is 0. The van der Waals surface area contributed by atoms with E-state index in [1.165, 1.54) is 12.8 Å². The van der Waals surface area contributed by atoms with E-state index in [1.807, 2.05) is 6.07 Å². The molecule has 5 heteroatoms. The lowest BCUT2D eigenvalue weighted by atomic mass is 10.2. The molecule has 0 aliphatic carbocycles. The highest BCUT2D eigenvalue weighted by atomic mass is 15.3. The molecule has 1 unspecified atom stereocenters. The maximum Gasteiger partial charge on any atom is 0.223 e. The van der Waals surface area contributed by atoms with Crippen molar-refractivity contribution < 1.29 is 0 Å². The predicted molar refractivity (Wildman–Crippen MR) is 75.9 cm³/mol. The summed E-state index contributed by atoms with van der Waals surface area (Å²) in [5, 5.41) is 3.27. The van der Waals surface area contributed by atoms with Gasteiger partial charge in [-0.3, -0.25) is 0 Å². The third-order valence-electron chi connectivity index (χ3n) is 3.43. The monoisotopic (exact) mass is 249 g/mol. The van der Waals surface area contributed by atoms with Crippen molar-refractivity contribution >= 4 is 17.6 Å². The van der Waals surface area contributed by atoms with Gasteiger partial charge >= 0.3 is 0 Å². The van der Waals surface area contributed by atoms with Gasteiger partial charge in [0.1, 0.15) is 11.6 Å². The van der Waals surface area contributed by atoms with Crippen LogP contribution in [0.25, 0.3) is 0 Å². The lowest BCUT2D eigenvalue weighted by molar-refractivity contribution is 0.640. The van der Waals surface area contributed by atoms with E-state index in [4.69, 9.17) is 5.73 Å². The zero-order valence-corrected chi connectivity index (χ0v) is 11.3. The zero-order chi connectivity index (χ0) is 13.0. The minimum Gasteiger partial charge on any atom is -0.370 e. The average molecular weight is 249 g/mol. The number of hydrogen-bond acceptors (Lipinski definition) is 5. The number of aromatic nitrogens is 2. The van der Waals surface area contributed by atoms with E-state index in [1.54, 1.807) is 0 Å². The van der Waals surface area contributed by atoms with Gasteiger partial charge in [0, 0.05) is 25.2 Å². The Balaban J connectivity index is 2.18. The van der Waals surface area contributed by atoms with Crippen LogP contribution < -0.4 is 16.0 Å². The fraction of sp³-hybridized carbons (Fsp3) is 0.692. The van der Waals surface area contributed by atoms with Crippen molar-refractivity contribution in [2.24, 2.45) is 0 Å². The maximum absolute atomic E-state index is 5.80. The van der Waals surface area contributed by atoms with Gasteiger partial charge in [0.2, 0.25) is 5.95 Å². The third kappa shape index (κ3) is 2.83. The summed E-state index contributed by atoms with van der Waals surface area (Å²) in [5.74, 6) is 2.15. The molecular weight excluding hydrogens is 226 g/mol. The standard InChI is InChI=1S/C13H23N5/c1-3-7-15-11-9-12(17-13(14)16-11)18-8-5-6-10(18)4-2/h9-10H,3-8H2,1-2H3,(H3,14,15,16,17). The van der Waals surface area contributed by atoms with Gasteiger partial charge in [-0.1, -0.05) is 13.8 Å². The highest BCUT2D eigenvalue weighted by Crippen LogP contribution is 2.27. The van der Waals surface area contributed by atoms with Crippen molar-refractivity contribution in [1.82, 2.24) is 9.97 Å². The molecule has 1 aromatic heterocycles. The van der Waals surface area contributed by atoms with Crippen LogP contribution >= 0.6 is 0 Å². The molecule has 3 N–H and O–H groups in total. The first kappa shape index (κ1) is 12.9. The molecule has 100 valence electrons. The van der Waals surface area contributed by atoms with Gasteiger partial charge in [0.05, 0.1) is 0 Å². The Morgan fingerprint density at radius 3 is 3.00 bits per heavy atom. The second kappa shape index (κ2) is 5.89. The van der Waals surface area contributed by atoms with E-state index >= 15 is 0 Å². The number of rotatable bonds is 5. The van der Waals surface area contributed by atoms with Crippen molar-refractivity contribution in [2.75, 3.05) is 29.0 Å². The van der Waals surface area contributed by atoms with Gasteiger partial charge in [0.15, 0.2) is 0 Å². The molecule has 0 bridgehead atoms. The number of nitrogens with zero attached hydrogens (tertiary/aromatic N) is 3. The molecule has 1 aliphatic rings. The van der Waals surface area contributed by atoms with Crippen LogP contribution in [-0.2, 0) is 0 Å². The lowest BCUT2D eigenvalue weighted by Crippen LogP contribution is -2.29. The molecule has 1 aromatic rings. The average Bonchev–Trinajstić information content (AvgIpc) is 2.84. The SMILES string of the molecule is CCCNc1cc(N2CCCC2CC)nc(N)n1. The highest BCUT2D eigenvalue weighted by molar-refractivity contribution is 5.53. The van der Waals surface area contributed by atoms with Gasteiger partial charge in [-0.15, -0.1) is 0 Å². The largest absolute Gasteiger partial charge is 0.370 e. The first-order valence-electron chi connectivity index (χ1n) is 6.89. The van der Waals surface area contributed by atoms with Gasteiger partial charge in [-0.2, -0.15) is 9.97 Å². The Hall–Kier alpha value is -1.52. The maximum atomic E-state index is 5.80. The lowest BCUT2D eigenvalue weighted by Gasteiger charge is -2.25. The molecule has 1 atom stereocenters. The van der Waals surface area contributed by atoms with Crippen molar-refractivity contribution in [2.45, 2.75) is 45.6 Å². The fourth-order valence-electron chi connectivity index (χ4n) is 2.51. The second-order valence-electron chi connectivity index (χ2n) is 4.79. The van der Waals surface area contributed by atoms with Crippen LogP contribution in [0.3, 0.4) is 0 Å². The molecule has 1 aliphatic heterocycles. The molecule has 2 heterocycles. The van der Waals surface area contributed by atoms with Gasteiger partial charge in [-0.25, -0.2) is 0 Å². The van der Waals surface area contributed by atoms with Crippen LogP contribution in [0.5, 0.6) is 0 Å².